The van der Waals surface area contributed by atoms with E-state index in [-0.39, 0.29) is 17.8 Å². The molecule has 2 N–H and O–H groups in total. The Balaban J connectivity index is 1.64. The Morgan fingerprint density at radius 1 is 1.41 bits per heavy atom. The van der Waals surface area contributed by atoms with Gasteiger partial charge in [-0.25, -0.2) is 18.9 Å². The summed E-state index contributed by atoms with van der Waals surface area (Å²) in [6, 6.07) is 2.88. The lowest BCUT2D eigenvalue weighted by molar-refractivity contribution is -0.116. The maximum atomic E-state index is 13.7. The van der Waals surface area contributed by atoms with Gasteiger partial charge in [-0.05, 0) is 31.4 Å². The van der Waals surface area contributed by atoms with Gasteiger partial charge in [-0.15, -0.1) is 11.6 Å². The fourth-order valence-corrected chi connectivity index (χ4v) is 3.74. The van der Waals surface area contributed by atoms with Crippen LogP contribution >= 0.6 is 11.6 Å². The molecule has 10 heteroatoms. The lowest BCUT2D eigenvalue weighted by Crippen LogP contribution is -2.24. The molecule has 152 valence electrons. The van der Waals surface area contributed by atoms with E-state index in [1.54, 1.807) is 23.0 Å². The van der Waals surface area contributed by atoms with Crippen LogP contribution in [0, 0.1) is 5.82 Å². The number of rotatable bonds is 6. The Morgan fingerprint density at radius 3 is 3.10 bits per heavy atom. The Kier molecular flexibility index (Phi) is 5.48. The molecule has 1 aliphatic heterocycles. The van der Waals surface area contributed by atoms with E-state index in [1.807, 2.05) is 4.90 Å². The van der Waals surface area contributed by atoms with Crippen LogP contribution < -0.4 is 10.2 Å². The summed E-state index contributed by atoms with van der Waals surface area (Å²) in [6.45, 7) is 0.704. The number of pyridine rings is 1. The first-order valence-corrected chi connectivity index (χ1v) is 9.91. The fourth-order valence-electron chi connectivity index (χ4n) is 3.60. The zero-order chi connectivity index (χ0) is 20.4. The van der Waals surface area contributed by atoms with Crippen molar-refractivity contribution in [3.05, 3.63) is 42.1 Å². The number of hydrogen-bond donors (Lipinski definition) is 2. The standard InChI is InChI=1S/C19H20ClFN6O2/c20-6-1-4-17(28)24-14-11-23-27-8-5-16(25-18(14)27)26-7-2-3-15(26)13-9-12(21)10-22-19(13)29/h5,8-11,15H,1-4,6-7H2,(H,22,29)(H,24,28). The summed E-state index contributed by atoms with van der Waals surface area (Å²) in [5.74, 6) is 0.248. The lowest BCUT2D eigenvalue weighted by atomic mass is 10.1. The van der Waals surface area contributed by atoms with E-state index in [1.165, 1.54) is 6.07 Å². The van der Waals surface area contributed by atoms with Crippen molar-refractivity contribution in [1.29, 1.82) is 0 Å². The zero-order valence-corrected chi connectivity index (χ0v) is 16.3. The average molecular weight is 419 g/mol. The molecule has 1 unspecified atom stereocenters. The van der Waals surface area contributed by atoms with Crippen LogP contribution in [-0.2, 0) is 4.79 Å². The Labute approximate surface area is 171 Å². The molecule has 1 amide bonds. The van der Waals surface area contributed by atoms with Crippen molar-refractivity contribution in [3.8, 4) is 5.88 Å². The van der Waals surface area contributed by atoms with Crippen LogP contribution in [-0.4, -0.2) is 43.0 Å². The third-order valence-electron chi connectivity index (χ3n) is 4.93. The summed E-state index contributed by atoms with van der Waals surface area (Å²) in [7, 11) is 0. The van der Waals surface area contributed by atoms with Crippen molar-refractivity contribution in [2.24, 2.45) is 0 Å². The van der Waals surface area contributed by atoms with Gasteiger partial charge in [-0.3, -0.25) is 4.79 Å². The molecule has 0 saturated carbocycles. The number of aromatic nitrogens is 4. The van der Waals surface area contributed by atoms with Crippen LogP contribution in [0.15, 0.2) is 30.7 Å². The quantitative estimate of drug-likeness (QED) is 0.596. The highest BCUT2D eigenvalue weighted by atomic mass is 35.5. The van der Waals surface area contributed by atoms with Crippen LogP contribution in [0.4, 0.5) is 15.9 Å². The van der Waals surface area contributed by atoms with Crippen LogP contribution in [0.25, 0.3) is 5.65 Å². The molecule has 1 aliphatic rings. The average Bonchev–Trinajstić information content (AvgIpc) is 3.35. The monoisotopic (exact) mass is 418 g/mol. The van der Waals surface area contributed by atoms with Gasteiger partial charge in [0.2, 0.25) is 11.8 Å². The number of fused-ring (bicyclic) bond motifs is 1. The first-order valence-electron chi connectivity index (χ1n) is 9.38. The normalized spacial score (nSPS) is 16.5. The van der Waals surface area contributed by atoms with Crippen molar-refractivity contribution in [3.63, 3.8) is 0 Å². The molecule has 0 spiro atoms. The minimum Gasteiger partial charge on any atom is -0.493 e. The smallest absolute Gasteiger partial charge is 0.224 e. The number of aromatic hydroxyl groups is 1. The number of anilines is 2. The van der Waals surface area contributed by atoms with Gasteiger partial charge in [0.25, 0.3) is 0 Å². The molecule has 0 bridgehead atoms. The molecule has 1 saturated heterocycles. The van der Waals surface area contributed by atoms with E-state index in [2.05, 4.69) is 20.4 Å². The molecule has 0 radical (unpaired) electrons. The Morgan fingerprint density at radius 2 is 2.28 bits per heavy atom. The number of nitrogens with zero attached hydrogens (tertiary/aromatic N) is 5. The van der Waals surface area contributed by atoms with Gasteiger partial charge in [0.1, 0.15) is 17.3 Å². The number of carbonyl (C=O) groups excluding carboxylic acids is 1. The predicted octanol–water partition coefficient (Wildman–Crippen LogP) is 3.27. The largest absolute Gasteiger partial charge is 0.493 e. The first kappa shape index (κ1) is 19.4. The predicted molar refractivity (Wildman–Crippen MR) is 107 cm³/mol. The second-order valence-corrected chi connectivity index (χ2v) is 7.25. The van der Waals surface area contributed by atoms with Gasteiger partial charge in [-0.1, -0.05) is 0 Å². The lowest BCUT2D eigenvalue weighted by Gasteiger charge is -2.26. The SMILES string of the molecule is O=C(CCCCl)Nc1cnn2ccc(N3CCCC3c3cc(F)cnc3O)nc12. The number of nitrogens with one attached hydrogen (secondary N) is 1. The molecule has 3 aromatic heterocycles. The van der Waals surface area contributed by atoms with Crippen LogP contribution in [0.2, 0.25) is 0 Å². The number of carbonyl (C=O) groups is 1. The zero-order valence-electron chi connectivity index (χ0n) is 15.6. The first-order chi connectivity index (χ1) is 14.1. The molecule has 0 aliphatic carbocycles. The molecule has 1 fully saturated rings. The summed E-state index contributed by atoms with van der Waals surface area (Å²) in [4.78, 5) is 22.4. The Bertz CT molecular complexity index is 1040. The number of hydrogen-bond acceptors (Lipinski definition) is 6. The maximum absolute atomic E-state index is 13.7. The summed E-state index contributed by atoms with van der Waals surface area (Å²) in [5, 5.41) is 17.2. The van der Waals surface area contributed by atoms with Gasteiger partial charge in [0, 0.05) is 30.6 Å². The van der Waals surface area contributed by atoms with E-state index in [0.29, 0.717) is 48.0 Å². The molecule has 0 aromatic carbocycles. The summed E-state index contributed by atoms with van der Waals surface area (Å²) < 4.78 is 15.3. The van der Waals surface area contributed by atoms with E-state index in [9.17, 15) is 14.3 Å². The van der Waals surface area contributed by atoms with E-state index >= 15 is 0 Å². The minimum atomic E-state index is -0.495. The van der Waals surface area contributed by atoms with Gasteiger partial charge in [0.05, 0.1) is 18.4 Å². The van der Waals surface area contributed by atoms with E-state index in [4.69, 9.17) is 11.6 Å². The topological polar surface area (TPSA) is 95.7 Å². The molecule has 3 aromatic rings. The van der Waals surface area contributed by atoms with Gasteiger partial charge in [0.15, 0.2) is 5.65 Å². The number of alkyl halides is 1. The number of amides is 1. The molecule has 8 nitrogen and oxygen atoms in total. The van der Waals surface area contributed by atoms with Gasteiger partial charge < -0.3 is 15.3 Å². The molecule has 4 rings (SSSR count). The fraction of sp³-hybridized carbons (Fsp3) is 0.368. The summed E-state index contributed by atoms with van der Waals surface area (Å²) in [6.07, 6.45) is 6.82. The van der Waals surface area contributed by atoms with E-state index < -0.39 is 5.82 Å². The van der Waals surface area contributed by atoms with Crippen molar-refractivity contribution in [2.75, 3.05) is 22.6 Å². The minimum absolute atomic E-state index is 0.150. The highest BCUT2D eigenvalue weighted by Crippen LogP contribution is 2.38. The van der Waals surface area contributed by atoms with Crippen molar-refractivity contribution >= 4 is 34.7 Å². The van der Waals surface area contributed by atoms with Crippen LogP contribution in [0.1, 0.15) is 37.3 Å². The highest BCUT2D eigenvalue weighted by molar-refractivity contribution is 6.18. The second-order valence-electron chi connectivity index (χ2n) is 6.87. The number of halogens is 2. The molecular formula is C19H20ClFN6O2. The molecule has 29 heavy (non-hydrogen) atoms. The van der Waals surface area contributed by atoms with Crippen molar-refractivity contribution < 1.29 is 14.3 Å². The molecule has 4 heterocycles. The summed E-state index contributed by atoms with van der Waals surface area (Å²) >= 11 is 5.64. The van der Waals surface area contributed by atoms with Crippen molar-refractivity contribution in [2.45, 2.75) is 31.7 Å². The van der Waals surface area contributed by atoms with Gasteiger partial charge >= 0.3 is 0 Å². The summed E-state index contributed by atoms with van der Waals surface area (Å²) in [5.41, 5.74) is 1.46. The van der Waals surface area contributed by atoms with E-state index in [0.717, 1.165) is 19.0 Å². The molecular weight excluding hydrogens is 399 g/mol. The van der Waals surface area contributed by atoms with Gasteiger partial charge in [-0.2, -0.15) is 5.10 Å². The van der Waals surface area contributed by atoms with Crippen LogP contribution in [0.5, 0.6) is 5.88 Å². The second kappa shape index (κ2) is 8.20. The van der Waals surface area contributed by atoms with Crippen LogP contribution in [0.3, 0.4) is 0 Å². The maximum Gasteiger partial charge on any atom is 0.224 e. The Hall–Kier alpha value is -2.94. The van der Waals surface area contributed by atoms with Crippen molar-refractivity contribution in [1.82, 2.24) is 19.6 Å². The third-order valence-corrected chi connectivity index (χ3v) is 5.20. The molecule has 1 atom stereocenters. The highest BCUT2D eigenvalue weighted by Gasteiger charge is 2.30. The third kappa shape index (κ3) is 3.95.